The van der Waals surface area contributed by atoms with Gasteiger partial charge in [0.2, 0.25) is 24.0 Å². The Morgan fingerprint density at radius 3 is 2.14 bits per heavy atom. The van der Waals surface area contributed by atoms with Gasteiger partial charge in [0.1, 0.15) is 0 Å². The lowest BCUT2D eigenvalue weighted by Crippen LogP contribution is -2.50. The summed E-state index contributed by atoms with van der Waals surface area (Å²) in [6.07, 6.45) is 2.88. The molecule has 5 aromatic rings. The molecule has 1 atom stereocenters. The third-order valence-corrected chi connectivity index (χ3v) is 12.4. The number of fused-ring (bicyclic) bond motifs is 1. The Morgan fingerprint density at radius 2 is 1.55 bits per heavy atom. The first-order valence-electron chi connectivity index (χ1n) is 15.8. The SMILES string of the molecule is CC(C)(C)C(Cc1cccc(N2C(=O)N(c3ccc(Cl)cc3Cl)Cc3cnc(S(C)(=O)=O)nc32)c1)O[SiH](c1ccccc1)c1ccccc1. The fourth-order valence-electron chi connectivity index (χ4n) is 5.80. The largest absolute Gasteiger partial charge is 0.407 e. The molecule has 0 saturated heterocycles. The van der Waals surface area contributed by atoms with Crippen molar-refractivity contribution in [2.24, 2.45) is 5.41 Å². The summed E-state index contributed by atoms with van der Waals surface area (Å²) in [5.41, 5.74) is 2.25. The molecule has 0 saturated carbocycles. The molecule has 49 heavy (non-hydrogen) atoms. The second-order valence-electron chi connectivity index (χ2n) is 13.1. The van der Waals surface area contributed by atoms with Gasteiger partial charge >= 0.3 is 6.03 Å². The summed E-state index contributed by atoms with van der Waals surface area (Å²) in [5, 5.41) is 2.75. The zero-order valence-electron chi connectivity index (χ0n) is 27.5. The van der Waals surface area contributed by atoms with Crippen molar-refractivity contribution >= 4 is 75.7 Å². The van der Waals surface area contributed by atoms with Gasteiger partial charge in [0, 0.05) is 23.0 Å². The summed E-state index contributed by atoms with van der Waals surface area (Å²) in [5.74, 6) is 0.197. The normalized spacial score (nSPS) is 14.2. The monoisotopic (exact) mass is 730 g/mol. The molecule has 4 aromatic carbocycles. The number of sulfone groups is 1. The number of urea groups is 1. The molecule has 2 amide bonds. The third-order valence-electron chi connectivity index (χ3n) is 8.37. The molecular formula is C37H36Cl2N4O4SSi. The predicted octanol–water partition coefficient (Wildman–Crippen LogP) is 6.98. The number of amides is 2. The van der Waals surface area contributed by atoms with Crippen molar-refractivity contribution in [3.8, 4) is 0 Å². The van der Waals surface area contributed by atoms with Crippen LogP contribution in [0.1, 0.15) is 31.9 Å². The molecule has 2 heterocycles. The van der Waals surface area contributed by atoms with E-state index in [0.717, 1.165) is 11.8 Å². The van der Waals surface area contributed by atoms with Crippen LogP contribution in [0.4, 0.5) is 22.0 Å². The number of benzene rings is 4. The summed E-state index contributed by atoms with van der Waals surface area (Å²) >= 11 is 12.7. The number of hydrogen-bond acceptors (Lipinski definition) is 6. The first-order valence-corrected chi connectivity index (χ1v) is 20.0. The molecule has 1 aliphatic heterocycles. The number of aromatic nitrogens is 2. The molecule has 0 fully saturated rings. The first kappa shape index (κ1) is 34.8. The molecule has 0 aliphatic carbocycles. The van der Waals surface area contributed by atoms with Crippen LogP contribution in [0.3, 0.4) is 0 Å². The maximum atomic E-state index is 14.4. The van der Waals surface area contributed by atoms with Gasteiger partial charge in [-0.2, -0.15) is 4.98 Å². The van der Waals surface area contributed by atoms with E-state index in [1.54, 1.807) is 24.3 Å². The van der Waals surface area contributed by atoms with Gasteiger partial charge in [-0.05, 0) is 58.1 Å². The predicted molar refractivity (Wildman–Crippen MR) is 199 cm³/mol. The van der Waals surface area contributed by atoms with Crippen molar-refractivity contribution in [1.82, 2.24) is 9.97 Å². The van der Waals surface area contributed by atoms with Crippen LogP contribution in [0.25, 0.3) is 0 Å². The van der Waals surface area contributed by atoms with Crippen LogP contribution >= 0.6 is 23.2 Å². The van der Waals surface area contributed by atoms with E-state index in [-0.39, 0.29) is 29.0 Å². The average molecular weight is 732 g/mol. The Kier molecular flexibility index (Phi) is 9.97. The number of carbonyl (C=O) groups excluding carboxylic acids is 1. The first-order chi connectivity index (χ1) is 23.3. The molecule has 0 radical (unpaired) electrons. The summed E-state index contributed by atoms with van der Waals surface area (Å²) in [7, 11) is -5.84. The fourth-order valence-corrected chi connectivity index (χ4v) is 9.48. The van der Waals surface area contributed by atoms with Crippen LogP contribution in [0.2, 0.25) is 10.0 Å². The zero-order chi connectivity index (χ0) is 34.9. The van der Waals surface area contributed by atoms with E-state index in [9.17, 15) is 13.2 Å². The smallest absolute Gasteiger partial charge is 0.335 e. The van der Waals surface area contributed by atoms with E-state index in [2.05, 4.69) is 55.0 Å². The Labute approximate surface area is 299 Å². The van der Waals surface area contributed by atoms with Gasteiger partial charge in [0.25, 0.3) is 0 Å². The highest BCUT2D eigenvalue weighted by Crippen LogP contribution is 2.39. The van der Waals surface area contributed by atoms with E-state index in [1.807, 2.05) is 54.6 Å². The minimum atomic E-state index is -3.76. The van der Waals surface area contributed by atoms with E-state index < -0.39 is 24.9 Å². The average Bonchev–Trinajstić information content (AvgIpc) is 3.06. The van der Waals surface area contributed by atoms with Gasteiger partial charge in [0.15, 0.2) is 5.82 Å². The van der Waals surface area contributed by atoms with Crippen molar-refractivity contribution in [2.75, 3.05) is 16.1 Å². The minimum Gasteiger partial charge on any atom is -0.407 e. The quantitative estimate of drug-likeness (QED) is 0.120. The van der Waals surface area contributed by atoms with Gasteiger partial charge in [-0.1, -0.05) is 117 Å². The van der Waals surface area contributed by atoms with Gasteiger partial charge in [-0.15, -0.1) is 0 Å². The molecule has 0 spiro atoms. The molecule has 1 unspecified atom stereocenters. The molecule has 0 N–H and O–H groups in total. The van der Waals surface area contributed by atoms with Crippen molar-refractivity contribution < 1.29 is 17.6 Å². The minimum absolute atomic E-state index is 0.0840. The van der Waals surface area contributed by atoms with E-state index in [0.29, 0.717) is 33.4 Å². The molecule has 8 nitrogen and oxygen atoms in total. The van der Waals surface area contributed by atoms with Gasteiger partial charge in [0.05, 0.1) is 29.0 Å². The van der Waals surface area contributed by atoms with Crippen molar-refractivity contribution in [3.63, 3.8) is 0 Å². The Hall–Kier alpha value is -4.06. The Bertz CT molecular complexity index is 2060. The molecule has 1 aromatic heterocycles. The summed E-state index contributed by atoms with van der Waals surface area (Å²) in [6.45, 7) is 6.60. The van der Waals surface area contributed by atoms with Crippen LogP contribution in [-0.2, 0) is 27.2 Å². The Balaban J connectivity index is 1.40. The third kappa shape index (κ3) is 7.74. The van der Waals surface area contributed by atoms with Crippen LogP contribution in [0, 0.1) is 5.41 Å². The van der Waals surface area contributed by atoms with Gasteiger partial charge < -0.3 is 4.43 Å². The number of rotatable bonds is 9. The van der Waals surface area contributed by atoms with Crippen LogP contribution in [-0.4, -0.2) is 45.8 Å². The summed E-state index contributed by atoms with van der Waals surface area (Å²) in [4.78, 5) is 25.8. The molecule has 252 valence electrons. The number of nitrogens with zero attached hydrogens (tertiary/aromatic N) is 4. The van der Waals surface area contributed by atoms with E-state index in [4.69, 9.17) is 27.6 Å². The fraction of sp³-hybridized carbons (Fsp3) is 0.216. The summed E-state index contributed by atoms with van der Waals surface area (Å²) < 4.78 is 32.1. The Morgan fingerprint density at radius 1 is 0.898 bits per heavy atom. The maximum Gasteiger partial charge on any atom is 0.335 e. The van der Waals surface area contributed by atoms with Crippen molar-refractivity contribution in [3.05, 3.63) is 130 Å². The molecule has 0 bridgehead atoms. The highest BCUT2D eigenvalue weighted by Gasteiger charge is 2.37. The van der Waals surface area contributed by atoms with Gasteiger partial charge in [-0.25, -0.2) is 23.1 Å². The topological polar surface area (TPSA) is 92.7 Å². The lowest BCUT2D eigenvalue weighted by molar-refractivity contribution is 0.0897. The standard InChI is InChI=1S/C37H36Cl2N4O4SSi/c1-37(2,3)33(47-49(29-14-7-5-8-15-29)30-16-9-6-10-17-30)21-25-12-11-13-28(20-25)43-34-26(23-40-35(41-34)48(4,45)46)24-42(36(43)44)32-19-18-27(38)22-31(32)39/h5-20,22-23,33,49H,21,24H2,1-4H3. The summed E-state index contributed by atoms with van der Waals surface area (Å²) in [6, 6.07) is 32.8. The molecule has 6 rings (SSSR count). The second-order valence-corrected chi connectivity index (χ2v) is 18.3. The molecule has 1 aliphatic rings. The number of anilines is 3. The second kappa shape index (κ2) is 14.0. The molecular weight excluding hydrogens is 695 g/mol. The highest BCUT2D eigenvalue weighted by molar-refractivity contribution is 7.90. The van der Waals surface area contributed by atoms with E-state index >= 15 is 0 Å². The van der Waals surface area contributed by atoms with E-state index in [1.165, 1.54) is 26.4 Å². The van der Waals surface area contributed by atoms with Crippen molar-refractivity contribution in [2.45, 2.75) is 45.0 Å². The van der Waals surface area contributed by atoms with Crippen molar-refractivity contribution in [1.29, 1.82) is 0 Å². The van der Waals surface area contributed by atoms with Crippen LogP contribution in [0.5, 0.6) is 0 Å². The van der Waals surface area contributed by atoms with Crippen LogP contribution in [0.15, 0.2) is 114 Å². The lowest BCUT2D eigenvalue weighted by atomic mass is 9.85. The van der Waals surface area contributed by atoms with Crippen LogP contribution < -0.4 is 20.2 Å². The number of halogens is 2. The van der Waals surface area contributed by atoms with Gasteiger partial charge in [-0.3, -0.25) is 4.90 Å². The number of hydrogen-bond donors (Lipinski definition) is 0. The zero-order valence-corrected chi connectivity index (χ0v) is 31.0. The number of carbonyl (C=O) groups is 1. The highest BCUT2D eigenvalue weighted by atomic mass is 35.5. The lowest BCUT2D eigenvalue weighted by Gasteiger charge is -2.37. The maximum absolute atomic E-state index is 14.4. The molecule has 12 heteroatoms.